The van der Waals surface area contributed by atoms with Gasteiger partial charge in [0.15, 0.2) is 0 Å². The lowest BCUT2D eigenvalue weighted by Crippen LogP contribution is -2.47. The van der Waals surface area contributed by atoms with E-state index in [0.29, 0.717) is 30.8 Å². The van der Waals surface area contributed by atoms with Crippen LogP contribution in [0.1, 0.15) is 32.8 Å². The molecule has 0 N–H and O–H groups in total. The zero-order valence-electron chi connectivity index (χ0n) is 17.2. The van der Waals surface area contributed by atoms with Crippen LogP contribution in [0.15, 0.2) is 36.0 Å². The van der Waals surface area contributed by atoms with Crippen molar-refractivity contribution in [3.05, 3.63) is 41.6 Å². The van der Waals surface area contributed by atoms with Crippen molar-refractivity contribution in [3.63, 3.8) is 0 Å². The van der Waals surface area contributed by atoms with Crippen molar-refractivity contribution in [2.45, 2.75) is 33.3 Å². The van der Waals surface area contributed by atoms with Crippen molar-refractivity contribution in [3.8, 4) is 0 Å². The minimum absolute atomic E-state index is 0.147. The molecule has 0 radical (unpaired) electrons. The third-order valence-electron chi connectivity index (χ3n) is 5.32. The number of amides is 2. The van der Waals surface area contributed by atoms with Gasteiger partial charge in [-0.15, -0.1) is 0 Å². The molecular weight excluding hydrogens is 354 g/mol. The fourth-order valence-electron chi connectivity index (χ4n) is 3.75. The number of piperazine rings is 1. The highest BCUT2D eigenvalue weighted by Gasteiger charge is 2.41. The fraction of sp³-hybridized carbons (Fsp3) is 0.545. The van der Waals surface area contributed by atoms with E-state index in [-0.39, 0.29) is 17.9 Å². The number of ether oxygens (including phenoxy) is 1. The van der Waals surface area contributed by atoms with Gasteiger partial charge >= 0.3 is 0 Å². The van der Waals surface area contributed by atoms with E-state index in [1.54, 1.807) is 0 Å². The van der Waals surface area contributed by atoms with Gasteiger partial charge in [0.1, 0.15) is 5.70 Å². The molecule has 152 valence electrons. The number of hydrogen-bond donors (Lipinski definition) is 0. The van der Waals surface area contributed by atoms with E-state index in [4.69, 9.17) is 4.74 Å². The van der Waals surface area contributed by atoms with Crippen LogP contribution in [0, 0.1) is 0 Å². The largest absolute Gasteiger partial charge is 0.379 e. The van der Waals surface area contributed by atoms with Crippen LogP contribution in [0.2, 0.25) is 0 Å². The lowest BCUT2D eigenvalue weighted by Gasteiger charge is -2.36. The highest BCUT2D eigenvalue weighted by molar-refractivity contribution is 6.35. The van der Waals surface area contributed by atoms with Crippen molar-refractivity contribution in [2.75, 3.05) is 45.9 Å². The summed E-state index contributed by atoms with van der Waals surface area (Å²) in [6, 6.07) is 9.56. The maximum absolute atomic E-state index is 13.2. The third-order valence-corrected chi connectivity index (χ3v) is 5.32. The van der Waals surface area contributed by atoms with Crippen LogP contribution >= 0.6 is 0 Å². The van der Waals surface area contributed by atoms with Crippen LogP contribution in [-0.2, 0) is 14.3 Å². The molecule has 2 heterocycles. The maximum atomic E-state index is 13.2. The van der Waals surface area contributed by atoms with Gasteiger partial charge in [-0.2, -0.15) is 0 Å². The molecule has 0 aliphatic carbocycles. The summed E-state index contributed by atoms with van der Waals surface area (Å²) in [4.78, 5) is 32.3. The molecule has 2 aliphatic heterocycles. The maximum Gasteiger partial charge on any atom is 0.277 e. The number of likely N-dealkylation sites (N-methyl/N-ethyl adjacent to an activating group) is 1. The molecule has 3 rings (SSSR count). The van der Waals surface area contributed by atoms with Crippen molar-refractivity contribution in [1.82, 2.24) is 14.7 Å². The number of carbonyl (C=O) groups is 2. The first kappa shape index (κ1) is 20.6. The normalized spacial score (nSPS) is 18.7. The van der Waals surface area contributed by atoms with E-state index < -0.39 is 0 Å². The van der Waals surface area contributed by atoms with Crippen molar-refractivity contribution in [1.29, 1.82) is 0 Å². The first-order valence-corrected chi connectivity index (χ1v) is 10.3. The number of imide groups is 1. The van der Waals surface area contributed by atoms with Crippen LogP contribution in [0.4, 0.5) is 0 Å². The predicted octanol–water partition coefficient (Wildman–Crippen LogP) is 2.22. The van der Waals surface area contributed by atoms with Crippen LogP contribution in [-0.4, -0.2) is 78.5 Å². The van der Waals surface area contributed by atoms with Gasteiger partial charge in [-0.25, -0.2) is 0 Å². The Morgan fingerprint density at radius 2 is 1.68 bits per heavy atom. The molecule has 2 aliphatic rings. The lowest BCUT2D eigenvalue weighted by molar-refractivity contribution is -0.137. The van der Waals surface area contributed by atoms with Crippen LogP contribution < -0.4 is 0 Å². The molecule has 0 atom stereocenters. The van der Waals surface area contributed by atoms with E-state index in [1.807, 2.05) is 44.2 Å². The van der Waals surface area contributed by atoms with E-state index >= 15 is 0 Å². The summed E-state index contributed by atoms with van der Waals surface area (Å²) in [7, 11) is 0. The zero-order valence-corrected chi connectivity index (χ0v) is 17.2. The average molecular weight is 386 g/mol. The molecule has 0 bridgehead atoms. The van der Waals surface area contributed by atoms with Crippen LogP contribution in [0.3, 0.4) is 0 Å². The first-order chi connectivity index (χ1) is 13.5. The summed E-state index contributed by atoms with van der Waals surface area (Å²) in [6.07, 6.45) is 0.794. The summed E-state index contributed by atoms with van der Waals surface area (Å²) in [6.45, 7) is 11.4. The Morgan fingerprint density at radius 1 is 1.00 bits per heavy atom. The molecule has 0 unspecified atom stereocenters. The Hall–Kier alpha value is -2.18. The topological polar surface area (TPSA) is 53.1 Å². The van der Waals surface area contributed by atoms with Gasteiger partial charge < -0.3 is 14.5 Å². The number of nitrogens with zero attached hydrogens (tertiary/aromatic N) is 3. The van der Waals surface area contributed by atoms with Gasteiger partial charge in [-0.3, -0.25) is 14.5 Å². The monoisotopic (exact) mass is 385 g/mol. The standard InChI is InChI=1S/C22H31N3O3/c1-4-23-12-14-24(15-13-23)20-19(18-9-6-5-7-10-18)21(26)25(22(20)27)11-8-16-28-17(2)3/h5-7,9-10,17H,4,8,11-16H2,1-3H3. The van der Waals surface area contributed by atoms with E-state index in [1.165, 1.54) is 4.90 Å². The summed E-state index contributed by atoms with van der Waals surface area (Å²) < 4.78 is 5.57. The molecule has 0 saturated carbocycles. The molecule has 2 amide bonds. The molecule has 28 heavy (non-hydrogen) atoms. The van der Waals surface area contributed by atoms with Crippen molar-refractivity contribution in [2.24, 2.45) is 0 Å². The lowest BCUT2D eigenvalue weighted by atomic mass is 10.0. The second-order valence-corrected chi connectivity index (χ2v) is 7.55. The molecule has 1 aromatic carbocycles. The average Bonchev–Trinajstić information content (AvgIpc) is 2.96. The predicted molar refractivity (Wildman–Crippen MR) is 109 cm³/mol. The zero-order chi connectivity index (χ0) is 20.1. The van der Waals surface area contributed by atoms with E-state index in [0.717, 1.165) is 38.3 Å². The first-order valence-electron chi connectivity index (χ1n) is 10.3. The van der Waals surface area contributed by atoms with Gasteiger partial charge in [-0.1, -0.05) is 37.3 Å². The smallest absolute Gasteiger partial charge is 0.277 e. The molecule has 6 heteroatoms. The Kier molecular flexibility index (Phi) is 6.86. The molecule has 1 aromatic rings. The summed E-state index contributed by atoms with van der Waals surface area (Å²) in [5.41, 5.74) is 1.92. The van der Waals surface area contributed by atoms with E-state index in [2.05, 4.69) is 16.7 Å². The summed E-state index contributed by atoms with van der Waals surface area (Å²) in [5, 5.41) is 0. The Balaban J connectivity index is 1.82. The highest BCUT2D eigenvalue weighted by Crippen LogP contribution is 2.32. The van der Waals surface area contributed by atoms with Gasteiger partial charge in [-0.05, 0) is 32.4 Å². The quantitative estimate of drug-likeness (QED) is 0.507. The van der Waals surface area contributed by atoms with Crippen molar-refractivity contribution < 1.29 is 14.3 Å². The summed E-state index contributed by atoms with van der Waals surface area (Å²) >= 11 is 0. The van der Waals surface area contributed by atoms with Crippen LogP contribution in [0.5, 0.6) is 0 Å². The van der Waals surface area contributed by atoms with Gasteiger partial charge in [0.05, 0.1) is 11.7 Å². The second kappa shape index (κ2) is 9.34. The number of hydrogen-bond acceptors (Lipinski definition) is 5. The molecule has 1 fully saturated rings. The number of carbonyl (C=O) groups excluding carboxylic acids is 2. The fourth-order valence-corrected chi connectivity index (χ4v) is 3.75. The molecular formula is C22H31N3O3. The van der Waals surface area contributed by atoms with Gasteiger partial charge in [0, 0.05) is 39.3 Å². The molecule has 6 nitrogen and oxygen atoms in total. The Morgan fingerprint density at radius 3 is 2.29 bits per heavy atom. The van der Waals surface area contributed by atoms with Gasteiger partial charge in [0.2, 0.25) is 0 Å². The van der Waals surface area contributed by atoms with E-state index in [9.17, 15) is 9.59 Å². The Labute approximate surface area is 167 Å². The molecule has 1 saturated heterocycles. The second-order valence-electron chi connectivity index (χ2n) is 7.55. The Bertz CT molecular complexity index is 722. The third kappa shape index (κ3) is 4.45. The van der Waals surface area contributed by atoms with Crippen LogP contribution in [0.25, 0.3) is 5.57 Å². The minimum Gasteiger partial charge on any atom is -0.379 e. The van der Waals surface area contributed by atoms with Gasteiger partial charge in [0.25, 0.3) is 11.8 Å². The van der Waals surface area contributed by atoms with Crippen molar-refractivity contribution >= 4 is 17.4 Å². The molecule has 0 spiro atoms. The number of rotatable bonds is 8. The highest BCUT2D eigenvalue weighted by atomic mass is 16.5. The molecule has 0 aromatic heterocycles. The summed E-state index contributed by atoms with van der Waals surface area (Å²) in [5.74, 6) is -0.355. The SMILES string of the molecule is CCN1CCN(C2=C(c3ccccc3)C(=O)N(CCCOC(C)C)C2=O)CC1. The minimum atomic E-state index is -0.186. The number of benzene rings is 1.